The van der Waals surface area contributed by atoms with E-state index in [1.165, 1.54) is 17.6 Å². The molecule has 14 heteroatoms. The number of rotatable bonds is 10. The Morgan fingerprint density at radius 1 is 1.00 bits per heavy atom. The number of anilines is 1. The monoisotopic (exact) mass is 501 g/mol. The minimum absolute atomic E-state index is 0.0199. The molecular weight excluding hydrogens is 469 g/mol. The van der Waals surface area contributed by atoms with Crippen LogP contribution in [0.4, 0.5) is 5.82 Å². The van der Waals surface area contributed by atoms with Gasteiger partial charge in [-0.3, -0.25) is 19.1 Å². The molecule has 0 aliphatic rings. The summed E-state index contributed by atoms with van der Waals surface area (Å²) in [5.74, 6) is -0.612. The van der Waals surface area contributed by atoms with Crippen molar-refractivity contribution in [1.29, 1.82) is 0 Å². The van der Waals surface area contributed by atoms with Gasteiger partial charge < -0.3 is 28.6 Å². The highest BCUT2D eigenvalue weighted by atomic mass is 31.2. The van der Waals surface area contributed by atoms with E-state index in [0.717, 1.165) is 0 Å². The van der Waals surface area contributed by atoms with Crippen LogP contribution >= 0.6 is 7.60 Å². The average molecular weight is 501 g/mol. The molecule has 13 nitrogen and oxygen atoms in total. The van der Waals surface area contributed by atoms with Gasteiger partial charge in [0, 0.05) is 6.54 Å². The second-order valence-electron chi connectivity index (χ2n) is 9.67. The van der Waals surface area contributed by atoms with Crippen LogP contribution in [-0.2, 0) is 34.9 Å². The van der Waals surface area contributed by atoms with E-state index in [9.17, 15) is 14.2 Å². The Balaban J connectivity index is 2.25. The van der Waals surface area contributed by atoms with Crippen LogP contribution in [-0.4, -0.2) is 67.7 Å². The number of ether oxygens (including phenoxy) is 3. The molecule has 0 aromatic carbocycles. The van der Waals surface area contributed by atoms with Gasteiger partial charge in [0.05, 0.1) is 23.8 Å². The van der Waals surface area contributed by atoms with E-state index in [0.29, 0.717) is 11.2 Å². The molecule has 0 aliphatic carbocycles. The van der Waals surface area contributed by atoms with Gasteiger partial charge in [0.25, 0.3) is 0 Å². The number of esters is 2. The molecule has 0 saturated carbocycles. The third kappa shape index (κ3) is 8.01. The lowest BCUT2D eigenvalue weighted by Crippen LogP contribution is -2.36. The Morgan fingerprint density at radius 3 is 2.06 bits per heavy atom. The number of carbonyl (C=O) groups is 2. The van der Waals surface area contributed by atoms with Crippen LogP contribution in [0.15, 0.2) is 12.7 Å². The molecule has 0 atom stereocenters. The van der Waals surface area contributed by atoms with Gasteiger partial charge in [-0.15, -0.1) is 0 Å². The molecule has 0 bridgehead atoms. The van der Waals surface area contributed by atoms with E-state index in [2.05, 4.69) is 15.0 Å². The maximum atomic E-state index is 12.3. The van der Waals surface area contributed by atoms with Crippen molar-refractivity contribution < 1.29 is 38.2 Å². The first-order valence-electron chi connectivity index (χ1n) is 10.5. The predicted molar refractivity (Wildman–Crippen MR) is 121 cm³/mol. The van der Waals surface area contributed by atoms with E-state index in [1.54, 1.807) is 46.1 Å². The Kier molecular flexibility index (Phi) is 8.75. The first-order chi connectivity index (χ1) is 15.6. The second kappa shape index (κ2) is 10.8. The fourth-order valence-corrected chi connectivity index (χ4v) is 2.84. The normalized spacial score (nSPS) is 12.6. The van der Waals surface area contributed by atoms with Crippen LogP contribution in [0.3, 0.4) is 0 Å². The van der Waals surface area contributed by atoms with Crippen molar-refractivity contribution in [2.45, 2.75) is 48.1 Å². The summed E-state index contributed by atoms with van der Waals surface area (Å²) < 4.78 is 28.4. The lowest BCUT2D eigenvalue weighted by atomic mass is 9.97. The summed E-state index contributed by atoms with van der Waals surface area (Å²) in [6.45, 7) is 10.1. The zero-order valence-electron chi connectivity index (χ0n) is 20.2. The Hall–Kier alpha value is -2.60. The minimum atomic E-state index is -4.26. The lowest BCUT2D eigenvalue weighted by molar-refractivity contribution is -0.155. The Bertz CT molecular complexity index is 1020. The number of nitrogens with zero attached hydrogens (tertiary/aromatic N) is 5. The first-order valence-corrected chi connectivity index (χ1v) is 12.3. The molecule has 34 heavy (non-hydrogen) atoms. The topological polar surface area (TPSA) is 166 Å². The van der Waals surface area contributed by atoms with Crippen LogP contribution in [0.1, 0.15) is 41.5 Å². The number of fused-ring (bicyclic) bond motifs is 1. The van der Waals surface area contributed by atoms with Crippen molar-refractivity contribution in [3.8, 4) is 0 Å². The maximum Gasteiger partial charge on any atom is 0.350 e. The lowest BCUT2D eigenvalue weighted by Gasteiger charge is -2.26. The van der Waals surface area contributed by atoms with Crippen LogP contribution in [0, 0.1) is 10.8 Å². The molecule has 2 aromatic heterocycles. The summed E-state index contributed by atoms with van der Waals surface area (Å²) in [4.78, 5) is 56.6. The quantitative estimate of drug-likeness (QED) is 0.210. The van der Waals surface area contributed by atoms with Crippen molar-refractivity contribution in [1.82, 2.24) is 19.5 Å². The summed E-state index contributed by atoms with van der Waals surface area (Å²) in [7, 11) is -4.26. The standard InChI is InChI=1S/C20H32N5O8P/c1-19(2,3)17(26)32-11-25(12-33-18(27)20(4,5)6)16-14-15(21-9-22-16)24(10-23-14)7-8-31-13-34(28,29)30/h9-10H,7-8,11-13H2,1-6H3,(H2,28,29,30). The van der Waals surface area contributed by atoms with Gasteiger partial charge in [-0.05, 0) is 41.5 Å². The summed E-state index contributed by atoms with van der Waals surface area (Å²) in [5, 5.41) is 0. The first kappa shape index (κ1) is 27.6. The average Bonchev–Trinajstić information content (AvgIpc) is 3.12. The highest BCUT2D eigenvalue weighted by molar-refractivity contribution is 7.51. The molecule has 0 spiro atoms. The van der Waals surface area contributed by atoms with Crippen molar-refractivity contribution in [2.75, 3.05) is 31.3 Å². The van der Waals surface area contributed by atoms with Gasteiger partial charge in [0.1, 0.15) is 12.7 Å². The summed E-state index contributed by atoms with van der Waals surface area (Å²) in [6.07, 6.45) is 2.08. The van der Waals surface area contributed by atoms with Gasteiger partial charge in [-0.25, -0.2) is 15.0 Å². The largest absolute Gasteiger partial charge is 0.444 e. The minimum Gasteiger partial charge on any atom is -0.444 e. The number of hydrogen-bond donors (Lipinski definition) is 2. The van der Waals surface area contributed by atoms with Crippen LogP contribution < -0.4 is 4.90 Å². The highest BCUT2D eigenvalue weighted by Gasteiger charge is 2.27. The van der Waals surface area contributed by atoms with Crippen LogP contribution in [0.5, 0.6) is 0 Å². The SMILES string of the molecule is CC(C)(C)C(=O)OCN(COC(=O)C(C)(C)C)c1ncnc2c1ncn2CCOCP(=O)(O)O. The molecule has 2 rings (SSSR count). The van der Waals surface area contributed by atoms with Gasteiger partial charge in [0.2, 0.25) is 0 Å². The fourth-order valence-electron chi connectivity index (χ4n) is 2.48. The fraction of sp³-hybridized carbons (Fsp3) is 0.650. The summed E-state index contributed by atoms with van der Waals surface area (Å²) in [5.41, 5.74) is -0.692. The Labute approximate surface area is 197 Å². The van der Waals surface area contributed by atoms with Gasteiger partial charge in [-0.1, -0.05) is 0 Å². The van der Waals surface area contributed by atoms with E-state index >= 15 is 0 Å². The molecule has 0 saturated heterocycles. The molecule has 0 aliphatic heterocycles. The second-order valence-corrected chi connectivity index (χ2v) is 11.3. The predicted octanol–water partition coefficient (Wildman–Crippen LogP) is 1.88. The molecular formula is C20H32N5O8P. The molecule has 0 fully saturated rings. The summed E-state index contributed by atoms with van der Waals surface area (Å²) in [6, 6.07) is 0. The molecule has 0 radical (unpaired) electrons. The third-order valence-corrected chi connectivity index (χ3v) is 4.86. The summed E-state index contributed by atoms with van der Waals surface area (Å²) >= 11 is 0. The zero-order valence-corrected chi connectivity index (χ0v) is 21.1. The highest BCUT2D eigenvalue weighted by Crippen LogP contribution is 2.33. The number of hydrogen-bond acceptors (Lipinski definition) is 10. The number of carbonyl (C=O) groups excluding carboxylic acids is 2. The van der Waals surface area contributed by atoms with Gasteiger partial charge >= 0.3 is 19.5 Å². The van der Waals surface area contributed by atoms with Crippen molar-refractivity contribution in [3.05, 3.63) is 12.7 Å². The smallest absolute Gasteiger partial charge is 0.350 e. The van der Waals surface area contributed by atoms with E-state index in [1.807, 2.05) is 0 Å². The third-order valence-electron chi connectivity index (χ3n) is 4.35. The van der Waals surface area contributed by atoms with Gasteiger partial charge in [0.15, 0.2) is 30.4 Å². The van der Waals surface area contributed by atoms with E-state index in [-0.39, 0.29) is 32.4 Å². The number of imidazole rings is 1. The maximum absolute atomic E-state index is 12.3. The molecule has 2 aromatic rings. The van der Waals surface area contributed by atoms with E-state index in [4.69, 9.17) is 24.0 Å². The van der Waals surface area contributed by atoms with Crippen molar-refractivity contribution in [2.24, 2.45) is 10.8 Å². The molecule has 2 N–H and O–H groups in total. The van der Waals surface area contributed by atoms with E-state index < -0.39 is 36.7 Å². The molecule has 0 unspecified atom stereocenters. The Morgan fingerprint density at radius 2 is 1.56 bits per heavy atom. The number of aromatic nitrogens is 4. The molecule has 2 heterocycles. The van der Waals surface area contributed by atoms with Crippen molar-refractivity contribution >= 4 is 36.5 Å². The van der Waals surface area contributed by atoms with Gasteiger partial charge in [-0.2, -0.15) is 0 Å². The van der Waals surface area contributed by atoms with Crippen LogP contribution in [0.25, 0.3) is 11.2 Å². The molecule has 190 valence electrons. The van der Waals surface area contributed by atoms with Crippen LogP contribution in [0.2, 0.25) is 0 Å². The zero-order chi connectivity index (χ0) is 25.7. The van der Waals surface area contributed by atoms with Crippen molar-refractivity contribution in [3.63, 3.8) is 0 Å². The molecule has 0 amide bonds.